The lowest BCUT2D eigenvalue weighted by molar-refractivity contribution is -0.127. The highest BCUT2D eigenvalue weighted by molar-refractivity contribution is 6.04. The van der Waals surface area contributed by atoms with E-state index in [-0.39, 0.29) is 5.91 Å². The van der Waals surface area contributed by atoms with Crippen LogP contribution in [-0.2, 0) is 11.2 Å². The van der Waals surface area contributed by atoms with Crippen LogP contribution in [0, 0.1) is 0 Å². The third-order valence-corrected chi connectivity index (χ3v) is 3.17. The van der Waals surface area contributed by atoms with E-state index in [0.717, 1.165) is 24.0 Å². The topological polar surface area (TPSA) is 70.9 Å². The lowest BCUT2D eigenvalue weighted by atomic mass is 10.1. The molecule has 0 aromatic heterocycles. The minimum Gasteiger partial charge on any atom is -0.481 e. The molecule has 0 saturated heterocycles. The van der Waals surface area contributed by atoms with Crippen molar-refractivity contribution in [2.75, 3.05) is 6.54 Å². The lowest BCUT2D eigenvalue weighted by Crippen LogP contribution is -2.36. The molecular formula is C14H18N2O3. The minimum atomic E-state index is -0.523. The molecule has 1 aliphatic carbocycles. The second-order valence-electron chi connectivity index (χ2n) is 4.52. The van der Waals surface area contributed by atoms with Gasteiger partial charge in [-0.15, -0.1) is 0 Å². The van der Waals surface area contributed by atoms with Gasteiger partial charge >= 0.3 is 0 Å². The summed E-state index contributed by atoms with van der Waals surface area (Å²) in [6, 6.07) is 5.57. The highest BCUT2D eigenvalue weighted by Crippen LogP contribution is 2.27. The average molecular weight is 262 g/mol. The van der Waals surface area contributed by atoms with Gasteiger partial charge in [0.2, 0.25) is 0 Å². The predicted molar refractivity (Wildman–Crippen MR) is 71.9 cm³/mol. The lowest BCUT2D eigenvalue weighted by Gasteiger charge is -2.14. The fourth-order valence-electron chi connectivity index (χ4n) is 2.20. The highest BCUT2D eigenvalue weighted by Gasteiger charge is 2.20. The normalized spacial score (nSPS) is 17.1. The van der Waals surface area contributed by atoms with Gasteiger partial charge < -0.3 is 15.3 Å². The summed E-state index contributed by atoms with van der Waals surface area (Å²) < 4.78 is 5.61. The summed E-state index contributed by atoms with van der Waals surface area (Å²) in [5, 5.41) is 14.9. The Morgan fingerprint density at radius 1 is 1.53 bits per heavy atom. The maximum Gasteiger partial charge on any atom is 0.260 e. The van der Waals surface area contributed by atoms with Gasteiger partial charge in [-0.25, -0.2) is 0 Å². The number of hydrogen-bond donors (Lipinski definition) is 2. The van der Waals surface area contributed by atoms with Crippen molar-refractivity contribution in [1.82, 2.24) is 5.32 Å². The Hall–Kier alpha value is -2.04. The summed E-state index contributed by atoms with van der Waals surface area (Å²) in [5.41, 5.74) is 2.76. The summed E-state index contributed by atoms with van der Waals surface area (Å²) in [6.45, 7) is 4.18. The first-order valence-corrected chi connectivity index (χ1v) is 6.44. The number of fused-ring (bicyclic) bond motifs is 1. The first kappa shape index (κ1) is 13.4. The Balaban J connectivity index is 2.09. The number of amides is 1. The van der Waals surface area contributed by atoms with Gasteiger partial charge in [0.15, 0.2) is 6.10 Å². The van der Waals surface area contributed by atoms with Gasteiger partial charge in [-0.05, 0) is 50.5 Å². The van der Waals surface area contributed by atoms with E-state index in [4.69, 9.17) is 9.94 Å². The van der Waals surface area contributed by atoms with Gasteiger partial charge in [-0.1, -0.05) is 5.16 Å². The Labute approximate surface area is 112 Å². The number of rotatable bonds is 4. The molecule has 1 unspecified atom stereocenters. The zero-order valence-corrected chi connectivity index (χ0v) is 11.1. The van der Waals surface area contributed by atoms with Crippen molar-refractivity contribution in [2.24, 2.45) is 5.16 Å². The van der Waals surface area contributed by atoms with Gasteiger partial charge in [0.1, 0.15) is 5.75 Å². The van der Waals surface area contributed by atoms with Crippen molar-refractivity contribution in [1.29, 1.82) is 0 Å². The number of nitrogens with one attached hydrogen (secondary N) is 1. The molecule has 0 saturated carbocycles. The third-order valence-electron chi connectivity index (χ3n) is 3.17. The third kappa shape index (κ3) is 2.86. The van der Waals surface area contributed by atoms with E-state index in [1.54, 1.807) is 13.0 Å². The Kier molecular flexibility index (Phi) is 4.04. The molecule has 5 nitrogen and oxygen atoms in total. The van der Waals surface area contributed by atoms with Crippen LogP contribution >= 0.6 is 0 Å². The van der Waals surface area contributed by atoms with Crippen LogP contribution in [0.15, 0.2) is 23.4 Å². The molecule has 1 aromatic carbocycles. The number of benzene rings is 1. The molecule has 2 N–H and O–H groups in total. The zero-order valence-electron chi connectivity index (χ0n) is 11.1. The fourth-order valence-corrected chi connectivity index (χ4v) is 2.20. The standard InChI is InChI=1S/C14H18N2O3/c1-3-15-14(17)9(2)19-11-5-6-12-10(8-11)4-7-13(12)16-18/h5-6,8-9,18H,3-4,7H2,1-2H3,(H,15,17)/b16-13+. The van der Waals surface area contributed by atoms with Crippen LogP contribution in [0.4, 0.5) is 0 Å². The molecule has 102 valence electrons. The van der Waals surface area contributed by atoms with E-state index in [1.165, 1.54) is 0 Å². The van der Waals surface area contributed by atoms with Gasteiger partial charge in [0.05, 0.1) is 5.71 Å². The molecule has 0 fully saturated rings. The van der Waals surface area contributed by atoms with E-state index in [2.05, 4.69) is 10.5 Å². The second-order valence-corrected chi connectivity index (χ2v) is 4.52. The summed E-state index contributed by atoms with van der Waals surface area (Å²) in [5.74, 6) is 0.539. The molecule has 1 atom stereocenters. The molecule has 5 heteroatoms. The number of aryl methyl sites for hydroxylation is 1. The fraction of sp³-hybridized carbons (Fsp3) is 0.429. The molecular weight excluding hydrogens is 244 g/mol. The van der Waals surface area contributed by atoms with E-state index in [9.17, 15) is 4.79 Å². The molecule has 1 amide bonds. The summed E-state index contributed by atoms with van der Waals surface area (Å²) in [4.78, 5) is 11.6. The Bertz CT molecular complexity index is 511. The molecule has 19 heavy (non-hydrogen) atoms. The number of carbonyl (C=O) groups excluding carboxylic acids is 1. The first-order valence-electron chi connectivity index (χ1n) is 6.44. The second kappa shape index (κ2) is 5.73. The van der Waals surface area contributed by atoms with Gasteiger partial charge in [0.25, 0.3) is 5.91 Å². The van der Waals surface area contributed by atoms with Crippen LogP contribution in [-0.4, -0.2) is 29.5 Å². The molecule has 1 aliphatic rings. The monoisotopic (exact) mass is 262 g/mol. The Morgan fingerprint density at radius 3 is 3.00 bits per heavy atom. The number of ether oxygens (including phenoxy) is 1. The van der Waals surface area contributed by atoms with E-state index >= 15 is 0 Å². The van der Waals surface area contributed by atoms with Crippen LogP contribution in [0.1, 0.15) is 31.4 Å². The molecule has 0 aliphatic heterocycles. The molecule has 1 aromatic rings. The van der Waals surface area contributed by atoms with Crippen molar-refractivity contribution in [3.8, 4) is 5.75 Å². The summed E-state index contributed by atoms with van der Waals surface area (Å²) in [6.07, 6.45) is 1.05. The van der Waals surface area contributed by atoms with Crippen LogP contribution in [0.3, 0.4) is 0 Å². The van der Waals surface area contributed by atoms with Crippen LogP contribution < -0.4 is 10.1 Å². The maximum absolute atomic E-state index is 11.6. The van der Waals surface area contributed by atoms with E-state index < -0.39 is 6.10 Å². The van der Waals surface area contributed by atoms with Crippen molar-refractivity contribution in [3.05, 3.63) is 29.3 Å². The zero-order chi connectivity index (χ0) is 13.8. The number of carbonyl (C=O) groups is 1. The van der Waals surface area contributed by atoms with Crippen molar-refractivity contribution in [2.45, 2.75) is 32.8 Å². The molecule has 0 heterocycles. The van der Waals surface area contributed by atoms with E-state index in [0.29, 0.717) is 18.0 Å². The van der Waals surface area contributed by atoms with Crippen molar-refractivity contribution in [3.63, 3.8) is 0 Å². The van der Waals surface area contributed by atoms with Gasteiger partial charge in [-0.2, -0.15) is 0 Å². The molecule has 0 spiro atoms. The highest BCUT2D eigenvalue weighted by atomic mass is 16.5. The smallest absolute Gasteiger partial charge is 0.260 e. The van der Waals surface area contributed by atoms with Gasteiger partial charge in [-0.3, -0.25) is 4.79 Å². The first-order chi connectivity index (χ1) is 9.15. The van der Waals surface area contributed by atoms with Crippen molar-refractivity contribution >= 4 is 11.6 Å². The number of hydrogen-bond acceptors (Lipinski definition) is 4. The largest absolute Gasteiger partial charge is 0.481 e. The molecule has 0 radical (unpaired) electrons. The summed E-state index contributed by atoms with van der Waals surface area (Å²) in [7, 11) is 0. The number of nitrogens with zero attached hydrogens (tertiary/aromatic N) is 1. The van der Waals surface area contributed by atoms with Crippen molar-refractivity contribution < 1.29 is 14.7 Å². The molecule has 2 rings (SSSR count). The predicted octanol–water partition coefficient (Wildman–Crippen LogP) is 1.71. The number of oxime groups is 1. The van der Waals surface area contributed by atoms with Gasteiger partial charge in [0, 0.05) is 12.1 Å². The van der Waals surface area contributed by atoms with Crippen LogP contribution in [0.2, 0.25) is 0 Å². The maximum atomic E-state index is 11.6. The molecule has 0 bridgehead atoms. The van der Waals surface area contributed by atoms with Crippen LogP contribution in [0.25, 0.3) is 0 Å². The quantitative estimate of drug-likeness (QED) is 0.641. The summed E-state index contributed by atoms with van der Waals surface area (Å²) >= 11 is 0. The average Bonchev–Trinajstić information content (AvgIpc) is 2.81. The number of likely N-dealkylation sites (N-methyl/N-ethyl adjacent to an activating group) is 1. The van der Waals surface area contributed by atoms with E-state index in [1.807, 2.05) is 19.1 Å². The minimum absolute atomic E-state index is 0.124. The Morgan fingerprint density at radius 2 is 2.32 bits per heavy atom. The SMILES string of the molecule is CCNC(=O)C(C)Oc1ccc2c(c1)CC/C2=N\O. The van der Waals surface area contributed by atoms with Crippen LogP contribution in [0.5, 0.6) is 5.75 Å².